The molecular weight excluding hydrogens is 415 g/mol. The Labute approximate surface area is 174 Å². The highest BCUT2D eigenvalue weighted by Gasteiger charge is 2.29. The number of ether oxygens (including phenoxy) is 2. The van der Waals surface area contributed by atoms with Crippen molar-refractivity contribution in [1.82, 2.24) is 10.9 Å². The molecule has 2 N–H and O–H groups in total. The summed E-state index contributed by atoms with van der Waals surface area (Å²) in [6.07, 6.45) is -1.13. The summed E-state index contributed by atoms with van der Waals surface area (Å²) in [6.45, 7) is 0.478. The number of nitro groups is 1. The first-order valence-corrected chi connectivity index (χ1v) is 8.97. The zero-order valence-electron chi connectivity index (χ0n) is 16.2. The van der Waals surface area contributed by atoms with Crippen molar-refractivity contribution in [1.29, 1.82) is 0 Å². The number of hydrogen-bond acceptors (Lipinski definition) is 7. The standard InChI is InChI=1S/C19H17FN4O7/c1-11(31-15-5-3-2-4-13(15)20)19(27)22-21-17(25)9-23-14-8-12(24(28)29)6-7-16(14)30-10-18(23)26/h2-8,11H,9-10H2,1H3,(H,21,25)(H,22,27). The predicted molar refractivity (Wildman–Crippen MR) is 104 cm³/mol. The lowest BCUT2D eigenvalue weighted by Crippen LogP contribution is -2.52. The van der Waals surface area contributed by atoms with Crippen LogP contribution in [0.2, 0.25) is 0 Å². The van der Waals surface area contributed by atoms with Crippen molar-refractivity contribution in [3.63, 3.8) is 0 Å². The quantitative estimate of drug-likeness (QED) is 0.514. The summed E-state index contributed by atoms with van der Waals surface area (Å²) in [7, 11) is 0. The smallest absolute Gasteiger partial charge is 0.279 e. The Hall–Kier alpha value is -4.22. The fraction of sp³-hybridized carbons (Fsp3) is 0.211. The molecule has 2 aromatic rings. The Morgan fingerprint density at radius 2 is 2.03 bits per heavy atom. The molecule has 12 heteroatoms. The summed E-state index contributed by atoms with van der Waals surface area (Å²) in [6, 6.07) is 9.17. The van der Waals surface area contributed by atoms with Gasteiger partial charge in [-0.25, -0.2) is 4.39 Å². The number of non-ortho nitro benzene ring substituents is 1. The number of hydrogen-bond donors (Lipinski definition) is 2. The van der Waals surface area contributed by atoms with Crippen LogP contribution < -0.4 is 25.2 Å². The van der Waals surface area contributed by atoms with Gasteiger partial charge in [0.05, 0.1) is 10.6 Å². The normalized spacial score (nSPS) is 13.5. The van der Waals surface area contributed by atoms with E-state index < -0.39 is 41.1 Å². The minimum atomic E-state index is -1.13. The number of nitrogens with one attached hydrogen (secondary N) is 2. The number of carbonyl (C=O) groups excluding carboxylic acids is 3. The van der Waals surface area contributed by atoms with Crippen LogP contribution in [0.5, 0.6) is 11.5 Å². The third kappa shape index (κ3) is 5.04. The number of rotatable bonds is 6. The van der Waals surface area contributed by atoms with Crippen molar-refractivity contribution in [3.05, 3.63) is 58.4 Å². The number of amides is 3. The largest absolute Gasteiger partial charge is 0.482 e. The molecule has 3 rings (SSSR count). The number of benzene rings is 2. The molecule has 0 fully saturated rings. The Morgan fingerprint density at radius 3 is 2.74 bits per heavy atom. The molecule has 0 bridgehead atoms. The monoisotopic (exact) mass is 432 g/mol. The van der Waals surface area contributed by atoms with Gasteiger partial charge in [0.25, 0.3) is 23.4 Å². The summed E-state index contributed by atoms with van der Waals surface area (Å²) < 4.78 is 24.0. The van der Waals surface area contributed by atoms with Crippen LogP contribution in [0, 0.1) is 15.9 Å². The van der Waals surface area contributed by atoms with Gasteiger partial charge in [-0.05, 0) is 25.1 Å². The van der Waals surface area contributed by atoms with E-state index in [2.05, 4.69) is 10.9 Å². The van der Waals surface area contributed by atoms with Crippen LogP contribution in [0.3, 0.4) is 0 Å². The van der Waals surface area contributed by atoms with Gasteiger partial charge in [-0.1, -0.05) is 12.1 Å². The molecule has 11 nitrogen and oxygen atoms in total. The second-order valence-electron chi connectivity index (χ2n) is 6.41. The van der Waals surface area contributed by atoms with E-state index in [9.17, 15) is 28.9 Å². The number of halogens is 1. The zero-order chi connectivity index (χ0) is 22.5. The SMILES string of the molecule is CC(Oc1ccccc1F)C(=O)NNC(=O)CN1C(=O)COc2ccc([N+](=O)[O-])cc21. The second-order valence-corrected chi connectivity index (χ2v) is 6.41. The summed E-state index contributed by atoms with van der Waals surface area (Å²) in [5.74, 6) is -2.71. The maximum Gasteiger partial charge on any atom is 0.279 e. The van der Waals surface area contributed by atoms with Gasteiger partial charge in [0, 0.05) is 12.1 Å². The van der Waals surface area contributed by atoms with Crippen LogP contribution in [-0.2, 0) is 14.4 Å². The van der Waals surface area contributed by atoms with Crippen molar-refractivity contribution in [2.24, 2.45) is 0 Å². The molecule has 2 aromatic carbocycles. The molecule has 0 saturated heterocycles. The van der Waals surface area contributed by atoms with Gasteiger partial charge < -0.3 is 9.47 Å². The number of hydrazine groups is 1. The van der Waals surface area contributed by atoms with Crippen molar-refractivity contribution in [2.45, 2.75) is 13.0 Å². The molecule has 1 aliphatic rings. The van der Waals surface area contributed by atoms with Gasteiger partial charge in [0.2, 0.25) is 0 Å². The van der Waals surface area contributed by atoms with E-state index in [1.165, 1.54) is 43.3 Å². The summed E-state index contributed by atoms with van der Waals surface area (Å²) in [5.41, 5.74) is 4.01. The first-order valence-electron chi connectivity index (χ1n) is 8.97. The summed E-state index contributed by atoms with van der Waals surface area (Å²) in [4.78, 5) is 47.8. The average Bonchev–Trinajstić information content (AvgIpc) is 2.75. The first-order chi connectivity index (χ1) is 14.8. The van der Waals surface area contributed by atoms with E-state index in [-0.39, 0.29) is 29.5 Å². The van der Waals surface area contributed by atoms with E-state index >= 15 is 0 Å². The summed E-state index contributed by atoms with van der Waals surface area (Å²) >= 11 is 0. The minimum Gasteiger partial charge on any atom is -0.482 e. The molecule has 0 saturated carbocycles. The molecule has 0 aliphatic carbocycles. The molecular formula is C19H17FN4O7. The first kappa shape index (κ1) is 21.5. The Bertz CT molecular complexity index is 1050. The molecule has 0 spiro atoms. The fourth-order valence-electron chi connectivity index (χ4n) is 2.68. The molecule has 1 unspecified atom stereocenters. The number of fused-ring (bicyclic) bond motifs is 1. The molecule has 3 amide bonds. The van der Waals surface area contributed by atoms with Crippen molar-refractivity contribution in [2.75, 3.05) is 18.1 Å². The lowest BCUT2D eigenvalue weighted by molar-refractivity contribution is -0.384. The topological polar surface area (TPSA) is 140 Å². The van der Waals surface area contributed by atoms with Crippen LogP contribution in [0.15, 0.2) is 42.5 Å². The number of carbonyl (C=O) groups is 3. The van der Waals surface area contributed by atoms with E-state index in [1.807, 2.05) is 0 Å². The van der Waals surface area contributed by atoms with E-state index in [1.54, 1.807) is 0 Å². The average molecular weight is 432 g/mol. The maximum absolute atomic E-state index is 13.6. The third-order valence-electron chi connectivity index (χ3n) is 4.23. The minimum absolute atomic E-state index is 0.0585. The highest BCUT2D eigenvalue weighted by atomic mass is 19.1. The van der Waals surface area contributed by atoms with E-state index in [0.717, 1.165) is 11.0 Å². The van der Waals surface area contributed by atoms with Crippen LogP contribution >= 0.6 is 0 Å². The lowest BCUT2D eigenvalue weighted by Gasteiger charge is -2.28. The van der Waals surface area contributed by atoms with Crippen molar-refractivity contribution < 1.29 is 33.2 Å². The van der Waals surface area contributed by atoms with Crippen LogP contribution in [0.25, 0.3) is 0 Å². The molecule has 31 heavy (non-hydrogen) atoms. The van der Waals surface area contributed by atoms with Gasteiger partial charge >= 0.3 is 0 Å². The molecule has 0 radical (unpaired) electrons. The van der Waals surface area contributed by atoms with Gasteiger partial charge in [-0.2, -0.15) is 0 Å². The molecule has 162 valence electrons. The Morgan fingerprint density at radius 1 is 1.29 bits per heavy atom. The third-order valence-corrected chi connectivity index (χ3v) is 4.23. The highest BCUT2D eigenvalue weighted by molar-refractivity contribution is 6.02. The van der Waals surface area contributed by atoms with Crippen LogP contribution in [0.1, 0.15) is 6.92 Å². The summed E-state index contributed by atoms with van der Waals surface area (Å²) in [5, 5.41) is 11.0. The van der Waals surface area contributed by atoms with Gasteiger partial charge in [-0.15, -0.1) is 0 Å². The molecule has 1 atom stereocenters. The zero-order valence-corrected chi connectivity index (χ0v) is 16.2. The highest BCUT2D eigenvalue weighted by Crippen LogP contribution is 2.35. The van der Waals surface area contributed by atoms with Gasteiger partial charge in [-0.3, -0.25) is 40.2 Å². The lowest BCUT2D eigenvalue weighted by atomic mass is 10.2. The Balaban J connectivity index is 1.60. The van der Waals surface area contributed by atoms with Crippen molar-refractivity contribution >= 4 is 29.1 Å². The van der Waals surface area contributed by atoms with Crippen molar-refractivity contribution in [3.8, 4) is 11.5 Å². The van der Waals surface area contributed by atoms with Gasteiger partial charge in [0.15, 0.2) is 24.3 Å². The number of nitrogens with zero attached hydrogens (tertiary/aromatic N) is 2. The van der Waals surface area contributed by atoms with Crippen LogP contribution in [0.4, 0.5) is 15.8 Å². The fourth-order valence-corrected chi connectivity index (χ4v) is 2.68. The number of anilines is 1. The van der Waals surface area contributed by atoms with E-state index in [0.29, 0.717) is 0 Å². The number of para-hydroxylation sites is 1. The number of nitro benzene ring substituents is 1. The maximum atomic E-state index is 13.6. The van der Waals surface area contributed by atoms with E-state index in [4.69, 9.17) is 9.47 Å². The van der Waals surface area contributed by atoms with Crippen LogP contribution in [-0.4, -0.2) is 41.9 Å². The predicted octanol–water partition coefficient (Wildman–Crippen LogP) is 1.07. The van der Waals surface area contributed by atoms with Gasteiger partial charge in [0.1, 0.15) is 12.3 Å². The Kier molecular flexibility index (Phi) is 6.29. The second kappa shape index (κ2) is 9.07. The molecule has 0 aromatic heterocycles. The molecule has 1 aliphatic heterocycles. The molecule has 1 heterocycles.